The lowest BCUT2D eigenvalue weighted by molar-refractivity contribution is -0.133. The van der Waals surface area contributed by atoms with Crippen LogP contribution in [0.5, 0.6) is 0 Å². The molecule has 2 amide bonds. The summed E-state index contributed by atoms with van der Waals surface area (Å²) in [5, 5.41) is 16.6. The van der Waals surface area contributed by atoms with E-state index in [0.717, 1.165) is 34.4 Å². The van der Waals surface area contributed by atoms with Crippen molar-refractivity contribution in [3.05, 3.63) is 71.1 Å². The molecule has 3 aromatic heterocycles. The van der Waals surface area contributed by atoms with E-state index in [4.69, 9.17) is 5.10 Å². The molecule has 6 rings (SSSR count). The third kappa shape index (κ3) is 4.49. The molecular weight excluding hydrogens is 524 g/mol. The molecule has 1 fully saturated rings. The molecule has 40 heavy (non-hydrogen) atoms. The maximum absolute atomic E-state index is 13.0. The summed E-state index contributed by atoms with van der Waals surface area (Å²) in [6.45, 7) is 5.79. The highest BCUT2D eigenvalue weighted by molar-refractivity contribution is 7.16. The van der Waals surface area contributed by atoms with Gasteiger partial charge in [0, 0.05) is 25.2 Å². The predicted molar refractivity (Wildman–Crippen MR) is 153 cm³/mol. The van der Waals surface area contributed by atoms with E-state index in [9.17, 15) is 9.59 Å². The van der Waals surface area contributed by atoms with E-state index >= 15 is 0 Å². The van der Waals surface area contributed by atoms with Crippen LogP contribution in [0.4, 0.5) is 0 Å². The summed E-state index contributed by atoms with van der Waals surface area (Å²) in [6.07, 6.45) is 3.58. The number of carbonyl (C=O) groups excluding carboxylic acids is 2. The van der Waals surface area contributed by atoms with Gasteiger partial charge in [-0.25, -0.2) is 9.97 Å². The first kappa shape index (κ1) is 26.0. The monoisotopic (exact) mass is 554 g/mol. The minimum absolute atomic E-state index is 0.147. The van der Waals surface area contributed by atoms with Gasteiger partial charge in [0.05, 0.1) is 27.3 Å². The number of amides is 2. The molecule has 10 nitrogen and oxygen atoms in total. The lowest BCUT2D eigenvalue weighted by Gasteiger charge is -2.32. The van der Waals surface area contributed by atoms with Gasteiger partial charge in [-0.3, -0.25) is 9.59 Å². The van der Waals surface area contributed by atoms with Crippen LogP contribution in [-0.2, 0) is 10.2 Å². The van der Waals surface area contributed by atoms with Crippen LogP contribution < -0.4 is 5.32 Å². The molecule has 204 valence electrons. The van der Waals surface area contributed by atoms with Crippen molar-refractivity contribution in [3.8, 4) is 11.3 Å². The van der Waals surface area contributed by atoms with Gasteiger partial charge in [-0.2, -0.15) is 9.61 Å². The van der Waals surface area contributed by atoms with Crippen molar-refractivity contribution in [3.63, 3.8) is 0 Å². The zero-order valence-electron chi connectivity index (χ0n) is 23.0. The number of aromatic nitrogens is 6. The quantitative estimate of drug-likeness (QED) is 0.336. The van der Waals surface area contributed by atoms with Gasteiger partial charge in [0.1, 0.15) is 11.7 Å². The van der Waals surface area contributed by atoms with Gasteiger partial charge in [0.2, 0.25) is 5.91 Å². The molecule has 1 aliphatic carbocycles. The molecule has 1 saturated carbocycles. The molecule has 1 N–H and O–H groups in total. The summed E-state index contributed by atoms with van der Waals surface area (Å²) in [6, 6.07) is 12.8. The van der Waals surface area contributed by atoms with Crippen molar-refractivity contribution in [1.29, 1.82) is 0 Å². The van der Waals surface area contributed by atoms with Crippen molar-refractivity contribution in [2.45, 2.75) is 45.1 Å². The fourth-order valence-corrected chi connectivity index (χ4v) is 5.68. The second-order valence-corrected chi connectivity index (χ2v) is 12.5. The number of fused-ring (bicyclic) bond motifs is 2. The van der Waals surface area contributed by atoms with Gasteiger partial charge in [0.25, 0.3) is 11.7 Å². The summed E-state index contributed by atoms with van der Waals surface area (Å²) in [7, 11) is 3.37. The first-order chi connectivity index (χ1) is 19.1. The van der Waals surface area contributed by atoms with Gasteiger partial charge in [-0.05, 0) is 48.1 Å². The number of benzene rings is 2. The van der Waals surface area contributed by atoms with E-state index < -0.39 is 11.5 Å². The maximum Gasteiger partial charge on any atom is 0.271 e. The second-order valence-electron chi connectivity index (χ2n) is 11.6. The Morgan fingerprint density at radius 1 is 1.05 bits per heavy atom. The summed E-state index contributed by atoms with van der Waals surface area (Å²) >= 11 is 1.63. The molecule has 0 saturated heterocycles. The Hall–Kier alpha value is -4.25. The third-order valence-electron chi connectivity index (χ3n) is 7.47. The van der Waals surface area contributed by atoms with Crippen LogP contribution in [-0.4, -0.2) is 66.6 Å². The molecule has 0 aliphatic heterocycles. The number of nitrogens with one attached hydrogen (secondary N) is 1. The minimum Gasteiger partial charge on any atom is -0.347 e. The van der Waals surface area contributed by atoms with Crippen molar-refractivity contribution >= 4 is 39.1 Å². The smallest absolute Gasteiger partial charge is 0.271 e. The highest BCUT2D eigenvalue weighted by atomic mass is 32.1. The van der Waals surface area contributed by atoms with Crippen molar-refractivity contribution in [2.75, 3.05) is 14.1 Å². The minimum atomic E-state index is -0.651. The third-order valence-corrected chi connectivity index (χ3v) is 8.26. The van der Waals surface area contributed by atoms with Gasteiger partial charge < -0.3 is 10.2 Å². The highest BCUT2D eigenvalue weighted by Gasteiger charge is 2.50. The van der Waals surface area contributed by atoms with Crippen LogP contribution in [0, 0.1) is 5.41 Å². The molecule has 0 spiro atoms. The Balaban J connectivity index is 1.27. The Morgan fingerprint density at radius 3 is 2.48 bits per heavy atom. The van der Waals surface area contributed by atoms with Gasteiger partial charge >= 0.3 is 0 Å². The fraction of sp³-hybridized carbons (Fsp3) is 0.345. The average molecular weight is 555 g/mol. The van der Waals surface area contributed by atoms with Crippen molar-refractivity contribution in [1.82, 2.24) is 40.0 Å². The average Bonchev–Trinajstić information content (AvgIpc) is 3.40. The van der Waals surface area contributed by atoms with E-state index in [1.54, 1.807) is 48.3 Å². The van der Waals surface area contributed by atoms with Crippen LogP contribution in [0.3, 0.4) is 0 Å². The Labute approximate surface area is 235 Å². The lowest BCUT2D eigenvalue weighted by atomic mass is 9.85. The Bertz CT molecular complexity index is 1750. The second kappa shape index (κ2) is 9.44. The number of hydrogen-bond acceptors (Lipinski definition) is 8. The molecule has 0 unspecified atom stereocenters. The van der Waals surface area contributed by atoms with Crippen molar-refractivity contribution in [2.24, 2.45) is 5.41 Å². The number of rotatable bonds is 6. The van der Waals surface area contributed by atoms with Gasteiger partial charge in [-0.1, -0.05) is 39.0 Å². The van der Waals surface area contributed by atoms with E-state index in [1.807, 2.05) is 38.4 Å². The highest BCUT2D eigenvalue weighted by Crippen LogP contribution is 2.53. The number of thiazole rings is 1. The summed E-state index contributed by atoms with van der Waals surface area (Å²) in [4.78, 5) is 36.2. The van der Waals surface area contributed by atoms with Gasteiger partial charge in [0.15, 0.2) is 5.82 Å². The van der Waals surface area contributed by atoms with E-state index in [2.05, 4.69) is 43.7 Å². The van der Waals surface area contributed by atoms with Crippen molar-refractivity contribution < 1.29 is 9.59 Å². The number of carbonyl (C=O) groups is 2. The number of nitrogens with zero attached hydrogens (tertiary/aromatic N) is 7. The summed E-state index contributed by atoms with van der Waals surface area (Å²) in [5.74, 6) is 0.762. The molecule has 11 heteroatoms. The lowest BCUT2D eigenvalue weighted by Crippen LogP contribution is -2.53. The number of likely N-dealkylation sites (N-methyl/N-ethyl adjacent to an activating group) is 1. The molecule has 5 aromatic rings. The maximum atomic E-state index is 13.0. The van der Waals surface area contributed by atoms with E-state index in [1.165, 1.54) is 10.5 Å². The number of hydrogen-bond donors (Lipinski definition) is 1. The van der Waals surface area contributed by atoms with E-state index in [-0.39, 0.29) is 17.2 Å². The molecule has 2 aromatic carbocycles. The van der Waals surface area contributed by atoms with Crippen LogP contribution in [0.25, 0.3) is 27.3 Å². The van der Waals surface area contributed by atoms with Crippen LogP contribution >= 0.6 is 11.3 Å². The first-order valence-electron chi connectivity index (χ1n) is 13.1. The standard InChI is InChI=1S/C29H30N8O2S/c1-28(2,3)23(25(39)36(4)5)32-24(38)18-8-6-17(7-9-18)21-15-30-27-34-33-26(37(27)35-21)29(12-13-29)19-10-11-20-22(14-19)40-16-31-20/h6-11,14-16,23H,12-13H2,1-5H3,(H,32,38)/t23-/m1/s1. The zero-order chi connectivity index (χ0) is 28.2. The summed E-state index contributed by atoms with van der Waals surface area (Å²) < 4.78 is 2.88. The molecular formula is C29H30N8O2S. The SMILES string of the molecule is CN(C)C(=O)[C@@H](NC(=O)c1ccc(-c2cnc3nnc(C4(c5ccc6ncsc6c5)CC4)n3n2)cc1)C(C)(C)C. The predicted octanol–water partition coefficient (Wildman–Crippen LogP) is 4.11. The fourth-order valence-electron chi connectivity index (χ4n) is 4.96. The topological polar surface area (TPSA) is 118 Å². The molecule has 1 aliphatic rings. The molecule has 0 bridgehead atoms. The normalized spacial score (nSPS) is 15.2. The van der Waals surface area contributed by atoms with Crippen LogP contribution in [0.15, 0.2) is 54.2 Å². The molecule has 0 radical (unpaired) electrons. The van der Waals surface area contributed by atoms with Crippen LogP contribution in [0.1, 0.15) is 55.4 Å². The first-order valence-corrected chi connectivity index (χ1v) is 14.0. The Morgan fingerprint density at radius 2 is 1.80 bits per heavy atom. The van der Waals surface area contributed by atoms with Crippen LogP contribution in [0.2, 0.25) is 0 Å². The largest absolute Gasteiger partial charge is 0.347 e. The zero-order valence-corrected chi connectivity index (χ0v) is 23.9. The van der Waals surface area contributed by atoms with E-state index in [0.29, 0.717) is 17.0 Å². The summed E-state index contributed by atoms with van der Waals surface area (Å²) in [5.41, 5.74) is 5.25. The molecule has 3 heterocycles. The van der Waals surface area contributed by atoms with Gasteiger partial charge in [-0.15, -0.1) is 21.5 Å². The molecule has 1 atom stereocenters. The Kier molecular flexibility index (Phi) is 6.14.